The lowest BCUT2D eigenvalue weighted by molar-refractivity contribution is -0.404. The maximum Gasteiger partial charge on any atom is 0.187 e. The maximum atomic E-state index is 11.7. The Morgan fingerprint density at radius 3 is 1.20 bits per heavy atom. The molecule has 0 aromatic heterocycles. The molecule has 0 saturated carbocycles. The third-order valence-electron chi connectivity index (χ3n) is 19.2. The molecule has 9 aliphatic heterocycles. The van der Waals surface area contributed by atoms with E-state index in [0.29, 0.717) is 5.56 Å². The minimum atomic E-state index is -1.92. The predicted octanol–water partition coefficient (Wildman–Crippen LogP) is -3.30. The van der Waals surface area contributed by atoms with Crippen LogP contribution in [0.4, 0.5) is 0 Å². The third kappa shape index (κ3) is 16.2. The van der Waals surface area contributed by atoms with E-state index in [1.165, 1.54) is 85.3 Å². The molecule has 0 radical (unpaired) electrons. The van der Waals surface area contributed by atoms with Crippen LogP contribution in [0.1, 0.15) is 11.9 Å². The van der Waals surface area contributed by atoms with Gasteiger partial charge >= 0.3 is 0 Å². The highest BCUT2D eigenvalue weighted by Gasteiger charge is 2.61. The molecule has 9 fully saturated rings. The average Bonchev–Trinajstić information content (AvgIpc) is 1.58. The van der Waals surface area contributed by atoms with E-state index in [0.717, 1.165) is 0 Å². The minimum absolute atomic E-state index is 0.0334. The number of methoxy groups -OCH3 is 12. The number of hydrogen-bond acceptors (Lipinski definition) is 35. The van der Waals surface area contributed by atoms with E-state index in [2.05, 4.69) is 10.0 Å². The van der Waals surface area contributed by atoms with Gasteiger partial charge in [0.05, 0.1) is 52.4 Å². The molecular weight excluding hydrogens is 1320 g/mol. The fourth-order valence-electron chi connectivity index (χ4n) is 14.4. The van der Waals surface area contributed by atoms with Gasteiger partial charge in [-0.1, -0.05) is 35.4 Å². The second kappa shape index (κ2) is 36.2. The van der Waals surface area contributed by atoms with Crippen LogP contribution in [-0.4, -0.2) is 377 Å². The van der Waals surface area contributed by atoms with Crippen LogP contribution in [0, 0.1) is 0 Å². The molecular formula is C61H97N3O34. The lowest BCUT2D eigenvalue weighted by atomic mass is 9.94. The summed E-state index contributed by atoms with van der Waals surface area (Å²) >= 11 is 0. The highest BCUT2D eigenvalue weighted by atomic mass is 16.8. The van der Waals surface area contributed by atoms with Crippen LogP contribution in [-0.2, 0) is 133 Å². The number of fused-ring (bicyclic) bond motifs is 3. The molecule has 9 saturated heterocycles. The fraction of sp³-hybridized carbons (Fsp3) is 0.902. The van der Waals surface area contributed by atoms with Gasteiger partial charge in [0, 0.05) is 95.8 Å². The lowest BCUT2D eigenvalue weighted by Crippen LogP contribution is -2.69. The monoisotopic (exact) mass is 1420 g/mol. The molecule has 6 N–H and O–H groups in total. The molecule has 9 heterocycles. The van der Waals surface area contributed by atoms with Gasteiger partial charge in [-0.2, -0.15) is 0 Å². The number of azide groups is 1. The highest BCUT2D eigenvalue weighted by molar-refractivity contribution is 5.17. The van der Waals surface area contributed by atoms with Crippen molar-refractivity contribution in [2.24, 2.45) is 5.11 Å². The van der Waals surface area contributed by atoms with Gasteiger partial charge in [-0.25, -0.2) is 0 Å². The van der Waals surface area contributed by atoms with Crippen molar-refractivity contribution in [3.8, 4) is 0 Å². The maximum absolute atomic E-state index is 11.7. The Bertz CT molecular complexity index is 2580. The normalized spacial score (nSPS) is 46.7. The number of nitrogens with zero attached hydrogens (tertiary/aromatic N) is 3. The third-order valence-corrected chi connectivity index (χ3v) is 19.2. The molecule has 0 spiro atoms. The van der Waals surface area contributed by atoms with E-state index in [1.807, 2.05) is 6.07 Å². The molecule has 98 heavy (non-hydrogen) atoms. The summed E-state index contributed by atoms with van der Waals surface area (Å²) in [6, 6.07) is 8.12. The van der Waals surface area contributed by atoms with Crippen LogP contribution in [0.15, 0.2) is 35.4 Å². The van der Waals surface area contributed by atoms with Crippen molar-refractivity contribution in [3.05, 3.63) is 46.3 Å². The first kappa shape index (κ1) is 77.8. The zero-order valence-electron chi connectivity index (χ0n) is 56.6. The standard InChI is InChI=1S/C61H97N3O34/c1-71-20-28-42(96-58-50(79-9)46(75-5)40(27(19-66)86-58)94-56-36(69)34(67)38(26(18-65)85-56)93-57-37(70)35(68)39-31(88-57)23-83-54(92-39)25-16-14-13-15-17-25)47(76-6)52(81-11)60(90-28)98-44-30(22-73-3)91-61(53(82-12)49(44)78-8)97-43-29(21-72-2)89-59(51(80-10)48(43)77-7)95-41-32-24-84-55(87-32)33(63-64-62)45(41)74-4/h13-17,26-61,65-70H,18-24H2,1-12H3/t26-,27?,28?,29-,30-,31+,32?,33?,34?,35?,36?,37?,38-,39-,40+,41+,42+,43-,44-,45+,46+,47+,48?,49?,50?,51?,52?,53?,54?,55+,56-,57-,58+,59-,60+,61-/m1/s1. The van der Waals surface area contributed by atoms with Crippen molar-refractivity contribution >= 4 is 0 Å². The first-order valence-electron chi connectivity index (χ1n) is 32.2. The Kier molecular flexibility index (Phi) is 28.8. The van der Waals surface area contributed by atoms with Crippen molar-refractivity contribution in [3.63, 3.8) is 0 Å². The summed E-state index contributed by atoms with van der Waals surface area (Å²) in [7, 11) is 17.3. The number of hydrogen-bond donors (Lipinski definition) is 6. The Morgan fingerprint density at radius 1 is 0.388 bits per heavy atom. The predicted molar refractivity (Wildman–Crippen MR) is 320 cm³/mol. The van der Waals surface area contributed by atoms with E-state index in [4.69, 9.17) is 133 Å². The van der Waals surface area contributed by atoms with Gasteiger partial charge < -0.3 is 163 Å². The molecule has 10 rings (SSSR count). The van der Waals surface area contributed by atoms with Crippen LogP contribution < -0.4 is 0 Å². The SMILES string of the molecule is COCC1O[C@@H](O[C@H]2C(OC)C(OC)[C@@H](O[C@H]3C(OC)C(OC)[C@@H](O[C@H]4C5CO[C@@H](O5)C(N=[N+]=[N-])[C@@H]4OC)O[C@@H]3COC)O[C@@H]2COC)C(OC)[C@@H](OC)[C@H]1O[C@@H]1OC(CO)[C@H](O[C@H]2O[C@H](CO)[C@@H](O[C@H]3O[C@H]4COC(c5ccccc5)O[C@H]4C(O)C3O)C(O)C2O)[C@H](OC)C1OC. The number of benzene rings is 1. The van der Waals surface area contributed by atoms with Crippen molar-refractivity contribution in [2.75, 3.05) is 132 Å². The second-order valence-electron chi connectivity index (χ2n) is 24.6. The van der Waals surface area contributed by atoms with Gasteiger partial charge in [-0.15, -0.1) is 0 Å². The van der Waals surface area contributed by atoms with Crippen molar-refractivity contribution in [2.45, 2.75) is 221 Å². The van der Waals surface area contributed by atoms with Gasteiger partial charge in [0.25, 0.3) is 0 Å². The molecule has 37 nitrogen and oxygen atoms in total. The molecule has 2 bridgehead atoms. The first-order valence-corrected chi connectivity index (χ1v) is 32.2. The lowest BCUT2D eigenvalue weighted by Gasteiger charge is -2.52. The van der Waals surface area contributed by atoms with Crippen molar-refractivity contribution in [1.29, 1.82) is 0 Å². The number of rotatable bonds is 31. The summed E-state index contributed by atoms with van der Waals surface area (Å²) in [6.45, 7) is -1.72. The molecule has 37 heteroatoms. The van der Waals surface area contributed by atoms with E-state index in [1.54, 1.807) is 24.3 Å². The largest absolute Gasteiger partial charge is 0.394 e. The number of ether oxygens (including phenoxy) is 28. The summed E-state index contributed by atoms with van der Waals surface area (Å²) < 4.78 is 174. The van der Waals surface area contributed by atoms with E-state index in [-0.39, 0.29) is 33.0 Å². The van der Waals surface area contributed by atoms with Gasteiger partial charge in [-0.05, 0) is 5.53 Å². The zero-order chi connectivity index (χ0) is 70.1. The van der Waals surface area contributed by atoms with Crippen molar-refractivity contribution in [1.82, 2.24) is 0 Å². The molecule has 9 aliphatic rings. The zero-order valence-corrected chi connectivity index (χ0v) is 56.6. The summed E-state index contributed by atoms with van der Waals surface area (Å²) in [5.74, 6) is 0. The van der Waals surface area contributed by atoms with Gasteiger partial charge in [-0.3, -0.25) is 0 Å². The van der Waals surface area contributed by atoms with Crippen molar-refractivity contribution < 1.29 is 163 Å². The molecule has 36 atom stereocenters. The summed E-state index contributed by atoms with van der Waals surface area (Å²) in [5.41, 5.74) is 10.1. The topological polar surface area (TPSA) is 429 Å². The number of aliphatic hydroxyl groups excluding tert-OH is 6. The van der Waals surface area contributed by atoms with E-state index >= 15 is 0 Å². The minimum Gasteiger partial charge on any atom is -0.394 e. The Balaban J connectivity index is 0.807. The van der Waals surface area contributed by atoms with Crippen LogP contribution in [0.2, 0.25) is 0 Å². The smallest absolute Gasteiger partial charge is 0.187 e. The molecule has 15 unspecified atom stereocenters. The molecule has 0 amide bonds. The van der Waals surface area contributed by atoms with Gasteiger partial charge in [0.1, 0.15) is 165 Å². The summed E-state index contributed by atoms with van der Waals surface area (Å²) in [5, 5.41) is 71.4. The van der Waals surface area contributed by atoms with Gasteiger partial charge in [0.2, 0.25) is 0 Å². The first-order chi connectivity index (χ1) is 47.6. The molecule has 1 aromatic carbocycles. The van der Waals surface area contributed by atoms with E-state index < -0.39 is 234 Å². The Hall–Kier alpha value is -2.83. The highest BCUT2D eigenvalue weighted by Crippen LogP contribution is 2.43. The van der Waals surface area contributed by atoms with Crippen LogP contribution in [0.25, 0.3) is 10.4 Å². The van der Waals surface area contributed by atoms with E-state index in [9.17, 15) is 36.2 Å². The van der Waals surface area contributed by atoms with Crippen LogP contribution in [0.5, 0.6) is 0 Å². The summed E-state index contributed by atoms with van der Waals surface area (Å²) in [4.78, 5) is 2.99. The Morgan fingerprint density at radius 2 is 0.765 bits per heavy atom. The summed E-state index contributed by atoms with van der Waals surface area (Å²) in [6.07, 6.45) is -41.7. The molecule has 560 valence electrons. The number of aliphatic hydroxyl groups is 6. The molecule has 1 aromatic rings. The van der Waals surface area contributed by atoms with Gasteiger partial charge in [0.15, 0.2) is 50.3 Å². The van der Waals surface area contributed by atoms with Crippen LogP contribution in [0.3, 0.4) is 0 Å². The Labute approximate surface area is 566 Å². The fourth-order valence-corrected chi connectivity index (χ4v) is 14.4. The quantitative estimate of drug-likeness (QED) is 0.0241. The van der Waals surface area contributed by atoms with Crippen LogP contribution >= 0.6 is 0 Å². The average molecular weight is 1420 g/mol. The molecule has 0 aliphatic carbocycles. The second-order valence-corrected chi connectivity index (χ2v) is 24.6.